The molecule has 1 aromatic carbocycles. The van der Waals surface area contributed by atoms with Crippen molar-refractivity contribution in [2.75, 3.05) is 0 Å². The smallest absolute Gasteiger partial charge is 0.251 e. The Balaban J connectivity index is 1.94. The molecule has 2 aromatic rings. The van der Waals surface area contributed by atoms with Crippen molar-refractivity contribution in [1.82, 2.24) is 10.3 Å². The topological polar surface area (TPSA) is 42.0 Å². The lowest BCUT2D eigenvalue weighted by atomic mass is 10.1. The van der Waals surface area contributed by atoms with E-state index >= 15 is 0 Å². The van der Waals surface area contributed by atoms with Gasteiger partial charge in [0, 0.05) is 22.5 Å². The molecule has 2 rings (SSSR count). The number of benzene rings is 1. The van der Waals surface area contributed by atoms with Gasteiger partial charge in [-0.15, -0.1) is 22.9 Å². The number of amides is 1. The van der Waals surface area contributed by atoms with Crippen molar-refractivity contribution in [1.29, 1.82) is 0 Å². The molecule has 0 atom stereocenters. The SMILES string of the molecule is Cc1csc(CNC(=O)c2ccc(CCl)cc2)n1. The van der Waals surface area contributed by atoms with Gasteiger partial charge in [0.25, 0.3) is 5.91 Å². The van der Waals surface area contributed by atoms with Crippen LogP contribution in [0, 0.1) is 6.92 Å². The molecule has 1 amide bonds. The Labute approximate surface area is 115 Å². The molecular weight excluding hydrogens is 268 g/mol. The van der Waals surface area contributed by atoms with E-state index in [1.807, 2.05) is 24.4 Å². The summed E-state index contributed by atoms with van der Waals surface area (Å²) in [6.45, 7) is 2.40. The highest BCUT2D eigenvalue weighted by atomic mass is 35.5. The maximum absolute atomic E-state index is 11.9. The molecule has 0 fully saturated rings. The summed E-state index contributed by atoms with van der Waals surface area (Å²) in [6, 6.07) is 7.27. The minimum Gasteiger partial charge on any atom is -0.346 e. The lowest BCUT2D eigenvalue weighted by Crippen LogP contribution is -2.22. The van der Waals surface area contributed by atoms with Crippen molar-refractivity contribution in [2.24, 2.45) is 0 Å². The van der Waals surface area contributed by atoms with E-state index in [0.29, 0.717) is 18.0 Å². The van der Waals surface area contributed by atoms with Gasteiger partial charge < -0.3 is 5.32 Å². The number of thiazole rings is 1. The van der Waals surface area contributed by atoms with Gasteiger partial charge in [-0.05, 0) is 24.6 Å². The van der Waals surface area contributed by atoms with Crippen molar-refractivity contribution in [3.63, 3.8) is 0 Å². The second kappa shape index (κ2) is 5.98. The summed E-state index contributed by atoms with van der Waals surface area (Å²) in [4.78, 5) is 16.1. The molecule has 0 saturated heterocycles. The Hall–Kier alpha value is -1.39. The summed E-state index contributed by atoms with van der Waals surface area (Å²) in [6.07, 6.45) is 0. The van der Waals surface area contributed by atoms with Crippen molar-refractivity contribution in [3.05, 3.63) is 51.5 Å². The van der Waals surface area contributed by atoms with Gasteiger partial charge in [0.15, 0.2) is 0 Å². The van der Waals surface area contributed by atoms with Crippen LogP contribution in [-0.2, 0) is 12.4 Å². The fourth-order valence-electron chi connectivity index (χ4n) is 1.49. The van der Waals surface area contributed by atoms with Crippen LogP contribution in [0.3, 0.4) is 0 Å². The predicted octanol–water partition coefficient (Wildman–Crippen LogP) is 3.12. The lowest BCUT2D eigenvalue weighted by Gasteiger charge is -2.03. The maximum atomic E-state index is 11.9. The van der Waals surface area contributed by atoms with E-state index in [4.69, 9.17) is 11.6 Å². The molecule has 1 aromatic heterocycles. The largest absolute Gasteiger partial charge is 0.346 e. The molecule has 0 unspecified atom stereocenters. The first kappa shape index (κ1) is 13.1. The van der Waals surface area contributed by atoms with Gasteiger partial charge in [0.05, 0.1) is 6.54 Å². The Bertz CT molecular complexity index is 536. The number of aromatic nitrogens is 1. The Morgan fingerprint density at radius 2 is 2.11 bits per heavy atom. The Morgan fingerprint density at radius 3 is 2.67 bits per heavy atom. The van der Waals surface area contributed by atoms with E-state index in [1.165, 1.54) is 0 Å². The number of alkyl halides is 1. The second-order valence-corrected chi connectivity index (χ2v) is 5.11. The Morgan fingerprint density at radius 1 is 1.39 bits per heavy atom. The lowest BCUT2D eigenvalue weighted by molar-refractivity contribution is 0.0951. The third kappa shape index (κ3) is 3.31. The summed E-state index contributed by atoms with van der Waals surface area (Å²) in [7, 11) is 0. The fraction of sp³-hybridized carbons (Fsp3) is 0.231. The molecule has 0 aliphatic rings. The zero-order valence-corrected chi connectivity index (χ0v) is 11.5. The molecule has 0 aliphatic heterocycles. The van der Waals surface area contributed by atoms with Crippen LogP contribution in [0.5, 0.6) is 0 Å². The molecule has 0 spiro atoms. The minimum absolute atomic E-state index is 0.0935. The fourth-order valence-corrected chi connectivity index (χ4v) is 2.38. The highest BCUT2D eigenvalue weighted by Crippen LogP contribution is 2.09. The van der Waals surface area contributed by atoms with E-state index in [1.54, 1.807) is 23.5 Å². The predicted molar refractivity (Wildman–Crippen MR) is 74.0 cm³/mol. The minimum atomic E-state index is -0.0935. The third-order valence-electron chi connectivity index (χ3n) is 2.44. The molecule has 3 nitrogen and oxygen atoms in total. The molecule has 0 radical (unpaired) electrons. The van der Waals surface area contributed by atoms with E-state index in [9.17, 15) is 4.79 Å². The normalized spacial score (nSPS) is 10.3. The van der Waals surface area contributed by atoms with E-state index in [2.05, 4.69) is 10.3 Å². The van der Waals surface area contributed by atoms with Gasteiger partial charge >= 0.3 is 0 Å². The molecule has 1 heterocycles. The van der Waals surface area contributed by atoms with Crippen LogP contribution in [0.15, 0.2) is 29.6 Å². The molecule has 5 heteroatoms. The average molecular weight is 281 g/mol. The zero-order chi connectivity index (χ0) is 13.0. The number of rotatable bonds is 4. The van der Waals surface area contributed by atoms with Crippen molar-refractivity contribution >= 4 is 28.8 Å². The summed E-state index contributed by atoms with van der Waals surface area (Å²) in [5, 5.41) is 5.73. The first-order valence-electron chi connectivity index (χ1n) is 5.53. The molecule has 0 bridgehead atoms. The molecule has 1 N–H and O–H groups in total. The summed E-state index contributed by atoms with van der Waals surface area (Å²) < 4.78 is 0. The van der Waals surface area contributed by atoms with Crippen molar-refractivity contribution in [2.45, 2.75) is 19.3 Å². The number of hydrogen-bond donors (Lipinski definition) is 1. The van der Waals surface area contributed by atoms with Crippen LogP contribution in [0.2, 0.25) is 0 Å². The first-order valence-corrected chi connectivity index (χ1v) is 6.94. The summed E-state index contributed by atoms with van der Waals surface area (Å²) >= 11 is 7.24. The van der Waals surface area contributed by atoms with Crippen LogP contribution in [-0.4, -0.2) is 10.9 Å². The third-order valence-corrected chi connectivity index (χ3v) is 3.71. The summed E-state index contributed by atoms with van der Waals surface area (Å²) in [5.41, 5.74) is 2.62. The molecular formula is C13H13ClN2OS. The number of aryl methyl sites for hydroxylation is 1. The van der Waals surface area contributed by atoms with Crippen LogP contribution in [0.25, 0.3) is 0 Å². The summed E-state index contributed by atoms with van der Waals surface area (Å²) in [5.74, 6) is 0.365. The van der Waals surface area contributed by atoms with Gasteiger partial charge in [-0.25, -0.2) is 4.98 Å². The molecule has 18 heavy (non-hydrogen) atoms. The van der Waals surface area contributed by atoms with Crippen molar-refractivity contribution < 1.29 is 4.79 Å². The van der Waals surface area contributed by atoms with Gasteiger partial charge in [-0.1, -0.05) is 12.1 Å². The second-order valence-electron chi connectivity index (χ2n) is 3.90. The van der Waals surface area contributed by atoms with Gasteiger partial charge in [0.2, 0.25) is 0 Å². The highest BCUT2D eigenvalue weighted by Gasteiger charge is 2.06. The average Bonchev–Trinajstić information content (AvgIpc) is 2.82. The number of nitrogens with one attached hydrogen (secondary N) is 1. The molecule has 94 valence electrons. The van der Waals surface area contributed by atoms with Gasteiger partial charge in [-0.3, -0.25) is 4.79 Å². The van der Waals surface area contributed by atoms with E-state index in [0.717, 1.165) is 16.3 Å². The van der Waals surface area contributed by atoms with Gasteiger partial charge in [0.1, 0.15) is 5.01 Å². The van der Waals surface area contributed by atoms with Crippen LogP contribution in [0.1, 0.15) is 26.6 Å². The monoisotopic (exact) mass is 280 g/mol. The number of hydrogen-bond acceptors (Lipinski definition) is 3. The number of nitrogens with zero attached hydrogens (tertiary/aromatic N) is 1. The first-order chi connectivity index (χ1) is 8.69. The quantitative estimate of drug-likeness (QED) is 0.875. The highest BCUT2D eigenvalue weighted by molar-refractivity contribution is 7.09. The molecule has 0 aliphatic carbocycles. The van der Waals surface area contributed by atoms with Crippen molar-refractivity contribution in [3.8, 4) is 0 Å². The molecule has 0 saturated carbocycles. The number of halogens is 1. The number of carbonyl (C=O) groups is 1. The van der Waals surface area contributed by atoms with Gasteiger partial charge in [-0.2, -0.15) is 0 Å². The van der Waals surface area contributed by atoms with Crippen LogP contribution in [0.4, 0.5) is 0 Å². The zero-order valence-electron chi connectivity index (χ0n) is 9.94. The maximum Gasteiger partial charge on any atom is 0.251 e. The van der Waals surface area contributed by atoms with E-state index < -0.39 is 0 Å². The van der Waals surface area contributed by atoms with E-state index in [-0.39, 0.29) is 5.91 Å². The standard InChI is InChI=1S/C13H13ClN2OS/c1-9-8-18-12(16-9)7-15-13(17)11-4-2-10(6-14)3-5-11/h2-5,8H,6-7H2,1H3,(H,15,17). The Kier molecular flexibility index (Phi) is 4.33. The van der Waals surface area contributed by atoms with Crippen LogP contribution < -0.4 is 5.32 Å². The van der Waals surface area contributed by atoms with Crippen LogP contribution >= 0.6 is 22.9 Å². The number of carbonyl (C=O) groups excluding carboxylic acids is 1.